The summed E-state index contributed by atoms with van der Waals surface area (Å²) in [5.41, 5.74) is 1.36. The maximum absolute atomic E-state index is 15.0. The quantitative estimate of drug-likeness (QED) is 0.257. The normalized spacial score (nSPS) is 13.5. The van der Waals surface area contributed by atoms with Crippen molar-refractivity contribution in [3.8, 4) is 22.9 Å². The lowest BCUT2D eigenvalue weighted by Gasteiger charge is -2.27. The Hall–Kier alpha value is -4.63. The Balaban J connectivity index is 1.56. The molecule has 1 aliphatic rings. The van der Waals surface area contributed by atoms with Gasteiger partial charge in [-0.3, -0.25) is 4.72 Å². The Labute approximate surface area is 252 Å². The van der Waals surface area contributed by atoms with Crippen LogP contribution >= 0.6 is 0 Å². The van der Waals surface area contributed by atoms with Gasteiger partial charge in [0.25, 0.3) is 0 Å². The number of halogens is 2. The zero-order chi connectivity index (χ0) is 31.4. The number of pyridine rings is 1. The molecule has 0 amide bonds. The highest BCUT2D eigenvalue weighted by atomic mass is 32.2. The minimum atomic E-state index is -3.69. The molecule has 0 spiro atoms. The van der Waals surface area contributed by atoms with Crippen molar-refractivity contribution in [2.24, 2.45) is 0 Å². The monoisotopic (exact) mass is 629 g/mol. The van der Waals surface area contributed by atoms with E-state index in [1.54, 1.807) is 0 Å². The van der Waals surface area contributed by atoms with Gasteiger partial charge in [-0.15, -0.1) is 0 Å². The van der Waals surface area contributed by atoms with Gasteiger partial charge in [-0.2, -0.15) is 0 Å². The fourth-order valence-electron chi connectivity index (χ4n) is 4.67. The number of benzene rings is 2. The summed E-state index contributed by atoms with van der Waals surface area (Å²) in [6.45, 7) is 1.88. The maximum atomic E-state index is 15.0. The van der Waals surface area contributed by atoms with Gasteiger partial charge in [0.2, 0.25) is 21.9 Å². The summed E-state index contributed by atoms with van der Waals surface area (Å²) < 4.78 is 77.4. The van der Waals surface area contributed by atoms with Crippen LogP contribution in [0.15, 0.2) is 42.6 Å². The van der Waals surface area contributed by atoms with Crippen LogP contribution in [0.5, 0.6) is 11.6 Å². The second-order valence-corrected chi connectivity index (χ2v) is 11.6. The Morgan fingerprint density at radius 1 is 1.09 bits per heavy atom. The molecule has 2 aromatic heterocycles. The first-order valence-corrected chi connectivity index (χ1v) is 15.3. The Morgan fingerprint density at radius 3 is 2.55 bits per heavy atom. The number of aromatic nitrogens is 3. The largest absolute Gasteiger partial charge is 0.491 e. The zero-order valence-electron chi connectivity index (χ0n) is 24.1. The van der Waals surface area contributed by atoms with Crippen LogP contribution in [0.1, 0.15) is 15.9 Å². The van der Waals surface area contributed by atoms with Gasteiger partial charge in [0, 0.05) is 42.7 Å². The van der Waals surface area contributed by atoms with E-state index in [4.69, 9.17) is 24.2 Å². The number of nitrogens with zero attached hydrogens (tertiary/aromatic N) is 4. The minimum Gasteiger partial charge on any atom is -0.491 e. The number of carbonyl (C=O) groups is 1. The lowest BCUT2D eigenvalue weighted by molar-refractivity contribution is 0.0600. The van der Waals surface area contributed by atoms with Crippen LogP contribution in [0, 0.1) is 11.6 Å². The van der Waals surface area contributed by atoms with Crippen molar-refractivity contribution < 1.29 is 40.9 Å². The smallest absolute Gasteiger partial charge is 0.337 e. The van der Waals surface area contributed by atoms with Crippen molar-refractivity contribution in [3.05, 3.63) is 65.4 Å². The van der Waals surface area contributed by atoms with Crippen LogP contribution in [0.2, 0.25) is 0 Å². The van der Waals surface area contributed by atoms with Gasteiger partial charge in [-0.1, -0.05) is 6.07 Å². The third kappa shape index (κ3) is 6.94. The van der Waals surface area contributed by atoms with E-state index < -0.39 is 27.6 Å². The molecule has 1 N–H and O–H groups in total. The molecule has 3 heterocycles. The van der Waals surface area contributed by atoms with Crippen molar-refractivity contribution in [2.45, 2.75) is 6.42 Å². The van der Waals surface area contributed by atoms with Gasteiger partial charge in [0.15, 0.2) is 0 Å². The van der Waals surface area contributed by atoms with Crippen molar-refractivity contribution in [2.75, 3.05) is 63.0 Å². The fourth-order valence-corrected chi connectivity index (χ4v) is 5.22. The highest BCUT2D eigenvalue weighted by molar-refractivity contribution is 7.92. The molecule has 0 aliphatic carbocycles. The molecule has 1 fully saturated rings. The lowest BCUT2D eigenvalue weighted by Crippen LogP contribution is -2.37. The molecular formula is C29H29F2N5O7S. The molecule has 0 radical (unpaired) electrons. The number of ether oxygens (including phenoxy) is 4. The van der Waals surface area contributed by atoms with E-state index >= 15 is 4.39 Å². The first-order valence-electron chi connectivity index (χ1n) is 13.4. The summed E-state index contributed by atoms with van der Waals surface area (Å²) in [6.07, 6.45) is 2.54. The molecule has 0 atom stereocenters. The Kier molecular flexibility index (Phi) is 9.06. The number of rotatable bonds is 10. The number of fused-ring (bicyclic) bond motifs is 1. The van der Waals surface area contributed by atoms with Gasteiger partial charge in [-0.05, 0) is 29.8 Å². The molecule has 4 aromatic rings. The van der Waals surface area contributed by atoms with Gasteiger partial charge in [0.1, 0.15) is 28.6 Å². The first kappa shape index (κ1) is 30.8. The van der Waals surface area contributed by atoms with Gasteiger partial charge in [0.05, 0.1) is 51.6 Å². The number of nitrogens with one attached hydrogen (secondary N) is 1. The number of esters is 1. The average molecular weight is 630 g/mol. The number of hydrogen-bond acceptors (Lipinski definition) is 11. The third-order valence-corrected chi connectivity index (χ3v) is 7.32. The number of anilines is 2. The van der Waals surface area contributed by atoms with Crippen molar-refractivity contribution in [3.63, 3.8) is 0 Å². The number of carbonyl (C=O) groups excluding carboxylic acids is 1. The van der Waals surface area contributed by atoms with Crippen LogP contribution in [0.3, 0.4) is 0 Å². The molecular weight excluding hydrogens is 600 g/mol. The predicted molar refractivity (Wildman–Crippen MR) is 158 cm³/mol. The molecule has 1 saturated heterocycles. The minimum absolute atomic E-state index is 0.0352. The van der Waals surface area contributed by atoms with Crippen molar-refractivity contribution >= 4 is 38.5 Å². The van der Waals surface area contributed by atoms with E-state index in [0.29, 0.717) is 37.8 Å². The van der Waals surface area contributed by atoms with E-state index in [9.17, 15) is 17.6 Å². The van der Waals surface area contributed by atoms with E-state index in [2.05, 4.69) is 14.4 Å². The summed E-state index contributed by atoms with van der Waals surface area (Å²) in [5, 5.41) is 0.280. The van der Waals surface area contributed by atoms with Gasteiger partial charge >= 0.3 is 5.97 Å². The topological polar surface area (TPSA) is 142 Å². The first-order chi connectivity index (χ1) is 21.1. The van der Waals surface area contributed by atoms with E-state index in [1.165, 1.54) is 50.7 Å². The molecule has 44 heavy (non-hydrogen) atoms. The SMILES string of the molecule is COC(=O)c1ccc(CCOc2cc(F)cc3c(-c4cnc(OC)c(NS(C)(=O)=O)c4)nc(N4CCOCC4)nc23)c(F)c1. The summed E-state index contributed by atoms with van der Waals surface area (Å²) in [5.74, 6) is -1.44. The molecule has 1 aliphatic heterocycles. The Morgan fingerprint density at radius 2 is 1.86 bits per heavy atom. The summed E-state index contributed by atoms with van der Waals surface area (Å²) in [6, 6.07) is 7.92. The van der Waals surface area contributed by atoms with E-state index in [-0.39, 0.29) is 58.1 Å². The molecule has 0 saturated carbocycles. The summed E-state index contributed by atoms with van der Waals surface area (Å²) >= 11 is 0. The van der Waals surface area contributed by atoms with Crippen molar-refractivity contribution in [1.29, 1.82) is 0 Å². The number of hydrogen-bond donors (Lipinski definition) is 1. The molecule has 15 heteroatoms. The molecule has 232 valence electrons. The van der Waals surface area contributed by atoms with E-state index in [1.807, 2.05) is 4.90 Å². The maximum Gasteiger partial charge on any atom is 0.337 e. The molecule has 12 nitrogen and oxygen atoms in total. The predicted octanol–water partition coefficient (Wildman–Crippen LogP) is 3.59. The van der Waals surface area contributed by atoms with Crippen LogP contribution in [0.25, 0.3) is 22.2 Å². The number of sulfonamides is 1. The van der Waals surface area contributed by atoms with Crippen molar-refractivity contribution in [1.82, 2.24) is 15.0 Å². The fraction of sp³-hybridized carbons (Fsp3) is 0.310. The number of methoxy groups -OCH3 is 2. The summed E-state index contributed by atoms with van der Waals surface area (Å²) in [7, 11) is -1.13. The Bertz CT molecular complexity index is 1820. The zero-order valence-corrected chi connectivity index (χ0v) is 24.9. The lowest BCUT2D eigenvalue weighted by atomic mass is 10.1. The highest BCUT2D eigenvalue weighted by Crippen LogP contribution is 2.36. The second kappa shape index (κ2) is 12.9. The molecule has 5 rings (SSSR count). The highest BCUT2D eigenvalue weighted by Gasteiger charge is 2.22. The standard InChI is InChI=1S/C29H29F2N5O7S/c1-40-27-23(35-44(3,38)39)13-19(16-32-27)25-21-14-20(30)15-24(26(21)34-29(33-25)36-7-10-42-11-8-36)43-9-6-17-4-5-18(12-22(17)31)28(37)41-2/h4-5,12-16,35H,6-11H2,1-3H3. The van der Waals surface area contributed by atoms with Crippen LogP contribution < -0.4 is 19.1 Å². The van der Waals surface area contributed by atoms with Crippen LogP contribution in [-0.2, 0) is 25.9 Å². The van der Waals surface area contributed by atoms with Crippen LogP contribution in [-0.4, -0.2) is 82.7 Å². The third-order valence-electron chi connectivity index (χ3n) is 6.73. The molecule has 2 aromatic carbocycles. The number of morpholine rings is 1. The van der Waals surface area contributed by atoms with Gasteiger partial charge in [-0.25, -0.2) is 36.9 Å². The summed E-state index contributed by atoms with van der Waals surface area (Å²) in [4.78, 5) is 27.3. The second-order valence-electron chi connectivity index (χ2n) is 9.82. The molecule has 0 unspecified atom stereocenters. The van der Waals surface area contributed by atoms with Crippen LogP contribution in [0.4, 0.5) is 20.4 Å². The average Bonchev–Trinajstić information content (AvgIpc) is 3.00. The molecule has 0 bridgehead atoms. The van der Waals surface area contributed by atoms with Gasteiger partial charge < -0.3 is 23.8 Å². The van der Waals surface area contributed by atoms with E-state index in [0.717, 1.165) is 12.3 Å².